The van der Waals surface area contributed by atoms with Gasteiger partial charge in [-0.2, -0.15) is 0 Å². The lowest BCUT2D eigenvalue weighted by molar-refractivity contribution is 0.177. The van der Waals surface area contributed by atoms with Crippen molar-refractivity contribution in [1.29, 1.82) is 0 Å². The second kappa shape index (κ2) is 6.33. The number of aromatic nitrogens is 3. The molecule has 0 aromatic carbocycles. The maximum Gasteiger partial charge on any atom is 0.227 e. The third-order valence-electron chi connectivity index (χ3n) is 4.69. The third-order valence-corrected chi connectivity index (χ3v) is 4.69. The Labute approximate surface area is 144 Å². The van der Waals surface area contributed by atoms with Crippen LogP contribution < -0.4 is 5.43 Å². The summed E-state index contributed by atoms with van der Waals surface area (Å²) in [5.41, 5.74) is 0.452. The van der Waals surface area contributed by atoms with E-state index in [2.05, 4.69) is 15.1 Å². The van der Waals surface area contributed by atoms with E-state index in [1.165, 1.54) is 6.07 Å². The van der Waals surface area contributed by atoms with Crippen LogP contribution in [-0.4, -0.2) is 37.7 Å². The maximum atomic E-state index is 11.7. The number of likely N-dealkylation sites (tertiary alicyclic amines) is 1. The third kappa shape index (κ3) is 3.02. The van der Waals surface area contributed by atoms with Crippen molar-refractivity contribution in [3.8, 4) is 5.75 Å². The minimum Gasteiger partial charge on any atom is -0.502 e. The summed E-state index contributed by atoms with van der Waals surface area (Å²) in [6.07, 6.45) is 4.04. The molecule has 25 heavy (non-hydrogen) atoms. The van der Waals surface area contributed by atoms with Gasteiger partial charge < -0.3 is 9.52 Å². The summed E-state index contributed by atoms with van der Waals surface area (Å²) in [6.45, 7) is 3.80. The molecule has 1 fully saturated rings. The van der Waals surface area contributed by atoms with Crippen LogP contribution in [0.4, 0.5) is 0 Å². The molecule has 1 atom stereocenters. The van der Waals surface area contributed by atoms with E-state index in [1.54, 1.807) is 6.92 Å². The maximum absolute atomic E-state index is 11.7. The van der Waals surface area contributed by atoms with Gasteiger partial charge in [-0.05, 0) is 38.4 Å². The van der Waals surface area contributed by atoms with Gasteiger partial charge in [-0.3, -0.25) is 14.1 Å². The summed E-state index contributed by atoms with van der Waals surface area (Å²) in [7, 11) is 0. The number of nitrogens with zero attached hydrogens (tertiary/aromatic N) is 4. The molecule has 4 heterocycles. The van der Waals surface area contributed by atoms with Crippen molar-refractivity contribution in [2.45, 2.75) is 32.2 Å². The Morgan fingerprint density at radius 2 is 2.24 bits per heavy atom. The molecule has 0 spiro atoms. The van der Waals surface area contributed by atoms with Gasteiger partial charge in [-0.1, -0.05) is 6.07 Å². The second-order valence-electron chi connectivity index (χ2n) is 6.55. The Hall–Kier alpha value is -2.67. The largest absolute Gasteiger partial charge is 0.502 e. The standard InChI is InChI=1S/C18H20N4O3/c1-12-9-14(23)17(24)15(25-12)11-21-7-4-5-13(10-21)18-20-19-16-6-2-3-8-22(16)18/h2-3,6,8-9,13,24H,4-5,7,10-11H2,1H3/t13-/m1/s1. The average molecular weight is 340 g/mol. The van der Waals surface area contributed by atoms with Gasteiger partial charge >= 0.3 is 0 Å². The van der Waals surface area contributed by atoms with Gasteiger partial charge in [0.1, 0.15) is 11.6 Å². The Bertz CT molecular complexity index is 962. The SMILES string of the molecule is Cc1cc(=O)c(O)c(CN2CCC[C@@H](c3nnc4ccccn34)C2)o1. The molecule has 1 aliphatic heterocycles. The van der Waals surface area contributed by atoms with Gasteiger partial charge in [0.25, 0.3) is 0 Å². The first kappa shape index (κ1) is 15.8. The van der Waals surface area contributed by atoms with Crippen LogP contribution in [0.5, 0.6) is 5.75 Å². The van der Waals surface area contributed by atoms with Gasteiger partial charge in [0.2, 0.25) is 11.2 Å². The number of fused-ring (bicyclic) bond motifs is 1. The van der Waals surface area contributed by atoms with Crippen molar-refractivity contribution in [2.75, 3.05) is 13.1 Å². The highest BCUT2D eigenvalue weighted by atomic mass is 16.4. The van der Waals surface area contributed by atoms with Gasteiger partial charge in [-0.25, -0.2) is 0 Å². The van der Waals surface area contributed by atoms with E-state index < -0.39 is 5.43 Å². The average Bonchev–Trinajstić information content (AvgIpc) is 3.03. The highest BCUT2D eigenvalue weighted by Gasteiger charge is 2.26. The molecule has 4 rings (SSSR count). The Balaban J connectivity index is 1.57. The first-order valence-electron chi connectivity index (χ1n) is 8.46. The van der Waals surface area contributed by atoms with Crippen LogP contribution in [0, 0.1) is 6.92 Å². The van der Waals surface area contributed by atoms with Crippen LogP contribution in [0.25, 0.3) is 5.65 Å². The van der Waals surface area contributed by atoms with Crippen LogP contribution >= 0.6 is 0 Å². The molecular formula is C18H20N4O3. The topological polar surface area (TPSA) is 83.9 Å². The number of hydrogen-bond donors (Lipinski definition) is 1. The molecule has 0 aliphatic carbocycles. The van der Waals surface area contributed by atoms with Gasteiger partial charge in [-0.15, -0.1) is 10.2 Å². The Kier molecular flexibility index (Phi) is 4.01. The quantitative estimate of drug-likeness (QED) is 0.786. The molecule has 1 N–H and O–H groups in total. The molecule has 0 unspecified atom stereocenters. The molecule has 3 aromatic rings. The smallest absolute Gasteiger partial charge is 0.227 e. The molecule has 0 saturated carbocycles. The van der Waals surface area contributed by atoms with Crippen LogP contribution in [0.2, 0.25) is 0 Å². The fourth-order valence-electron chi connectivity index (χ4n) is 3.52. The normalized spacial score (nSPS) is 18.7. The first-order chi connectivity index (χ1) is 12.1. The minimum atomic E-state index is -0.393. The van der Waals surface area contributed by atoms with Crippen LogP contribution in [0.15, 0.2) is 39.7 Å². The molecule has 1 aliphatic rings. The summed E-state index contributed by atoms with van der Waals surface area (Å²) in [5.74, 6) is 1.76. The summed E-state index contributed by atoms with van der Waals surface area (Å²) >= 11 is 0. The van der Waals surface area contributed by atoms with Crippen LogP contribution in [-0.2, 0) is 6.54 Å². The van der Waals surface area contributed by atoms with Crippen molar-refractivity contribution in [3.63, 3.8) is 0 Å². The van der Waals surface area contributed by atoms with Gasteiger partial charge in [0.05, 0.1) is 6.54 Å². The summed E-state index contributed by atoms with van der Waals surface area (Å²) in [6, 6.07) is 7.17. The van der Waals surface area contributed by atoms with E-state index in [0.717, 1.165) is 37.4 Å². The molecule has 0 radical (unpaired) electrons. The Morgan fingerprint density at radius 1 is 1.36 bits per heavy atom. The predicted octanol–water partition coefficient (Wildman–Crippen LogP) is 2.08. The zero-order valence-corrected chi connectivity index (χ0v) is 14.1. The Morgan fingerprint density at radius 3 is 3.12 bits per heavy atom. The van der Waals surface area contributed by atoms with Gasteiger partial charge in [0.15, 0.2) is 11.4 Å². The predicted molar refractivity (Wildman–Crippen MR) is 91.6 cm³/mol. The number of aromatic hydroxyl groups is 1. The molecule has 7 heteroatoms. The van der Waals surface area contributed by atoms with Crippen LogP contribution in [0.3, 0.4) is 0 Å². The zero-order valence-electron chi connectivity index (χ0n) is 14.1. The molecule has 130 valence electrons. The molecule has 7 nitrogen and oxygen atoms in total. The highest BCUT2D eigenvalue weighted by Crippen LogP contribution is 2.28. The van der Waals surface area contributed by atoms with E-state index in [0.29, 0.717) is 18.1 Å². The number of piperidine rings is 1. The number of rotatable bonds is 3. The van der Waals surface area contributed by atoms with Gasteiger partial charge in [0, 0.05) is 24.7 Å². The zero-order chi connectivity index (χ0) is 17.4. The van der Waals surface area contributed by atoms with Crippen molar-refractivity contribution in [2.24, 2.45) is 0 Å². The molecule has 0 bridgehead atoms. The summed E-state index contributed by atoms with van der Waals surface area (Å²) in [5, 5.41) is 18.6. The minimum absolute atomic E-state index is 0.254. The lowest BCUT2D eigenvalue weighted by Gasteiger charge is -2.31. The molecule has 0 amide bonds. The molecule has 1 saturated heterocycles. The fraction of sp³-hybridized carbons (Fsp3) is 0.389. The van der Waals surface area contributed by atoms with E-state index >= 15 is 0 Å². The highest BCUT2D eigenvalue weighted by molar-refractivity contribution is 5.37. The van der Waals surface area contributed by atoms with E-state index in [1.807, 2.05) is 28.8 Å². The van der Waals surface area contributed by atoms with Crippen molar-refractivity contribution in [3.05, 3.63) is 58.0 Å². The van der Waals surface area contributed by atoms with E-state index in [4.69, 9.17) is 4.42 Å². The molecule has 3 aromatic heterocycles. The summed E-state index contributed by atoms with van der Waals surface area (Å²) < 4.78 is 7.59. The van der Waals surface area contributed by atoms with Crippen molar-refractivity contribution in [1.82, 2.24) is 19.5 Å². The van der Waals surface area contributed by atoms with Crippen molar-refractivity contribution >= 4 is 5.65 Å². The number of aryl methyl sites for hydroxylation is 1. The second-order valence-corrected chi connectivity index (χ2v) is 6.55. The lowest BCUT2D eigenvalue weighted by Crippen LogP contribution is -2.34. The first-order valence-corrected chi connectivity index (χ1v) is 8.46. The fourth-order valence-corrected chi connectivity index (χ4v) is 3.52. The molecular weight excluding hydrogens is 320 g/mol. The number of hydrogen-bond acceptors (Lipinski definition) is 6. The monoisotopic (exact) mass is 340 g/mol. The van der Waals surface area contributed by atoms with E-state index in [-0.39, 0.29) is 11.7 Å². The van der Waals surface area contributed by atoms with Crippen molar-refractivity contribution < 1.29 is 9.52 Å². The summed E-state index contributed by atoms with van der Waals surface area (Å²) in [4.78, 5) is 13.9. The van der Waals surface area contributed by atoms with E-state index in [9.17, 15) is 9.90 Å². The van der Waals surface area contributed by atoms with Crippen LogP contribution in [0.1, 0.15) is 36.1 Å². The lowest BCUT2D eigenvalue weighted by atomic mass is 9.97. The number of pyridine rings is 1.